The summed E-state index contributed by atoms with van der Waals surface area (Å²) in [6.45, 7) is 11.0. The summed E-state index contributed by atoms with van der Waals surface area (Å²) in [5.41, 5.74) is 1.82. The molecule has 0 fully saturated rings. The minimum atomic E-state index is -0.113. The molecule has 1 aromatic carbocycles. The lowest BCUT2D eigenvalue weighted by atomic mass is 10.1. The van der Waals surface area contributed by atoms with Gasteiger partial charge in [-0.1, -0.05) is 26.0 Å². The molecule has 1 N–H and O–H groups in total. The van der Waals surface area contributed by atoms with Crippen LogP contribution in [-0.2, 0) is 6.54 Å². The fourth-order valence-corrected chi connectivity index (χ4v) is 2.33. The van der Waals surface area contributed by atoms with Crippen molar-refractivity contribution in [1.82, 2.24) is 5.32 Å². The summed E-state index contributed by atoms with van der Waals surface area (Å²) >= 11 is 0. The molecule has 0 aliphatic carbocycles. The molecular weight excluding hydrogens is 239 g/mol. The van der Waals surface area contributed by atoms with Crippen LogP contribution in [0.1, 0.15) is 46.1 Å². The van der Waals surface area contributed by atoms with Crippen molar-refractivity contribution in [2.24, 2.45) is 0 Å². The van der Waals surface area contributed by atoms with Crippen molar-refractivity contribution < 1.29 is 4.39 Å². The quantitative estimate of drug-likeness (QED) is 0.717. The second-order valence-electron chi connectivity index (χ2n) is 4.97. The number of rotatable bonds is 8. The molecular formula is C16H27FN2. The number of benzene rings is 1. The second-order valence-corrected chi connectivity index (χ2v) is 4.97. The lowest BCUT2D eigenvalue weighted by molar-refractivity contribution is 0.575. The van der Waals surface area contributed by atoms with Gasteiger partial charge in [0.2, 0.25) is 0 Å². The molecule has 0 aromatic heterocycles. The van der Waals surface area contributed by atoms with E-state index in [1.54, 1.807) is 12.1 Å². The molecule has 0 saturated heterocycles. The molecule has 0 radical (unpaired) electrons. The Balaban J connectivity index is 3.01. The molecule has 108 valence electrons. The highest BCUT2D eigenvalue weighted by Crippen LogP contribution is 2.27. The van der Waals surface area contributed by atoms with E-state index in [1.807, 2.05) is 6.07 Å². The van der Waals surface area contributed by atoms with Crippen LogP contribution in [0.2, 0.25) is 0 Å². The van der Waals surface area contributed by atoms with Crippen LogP contribution in [-0.4, -0.2) is 19.1 Å². The Morgan fingerprint density at radius 2 is 2.00 bits per heavy atom. The van der Waals surface area contributed by atoms with Crippen molar-refractivity contribution in [3.8, 4) is 0 Å². The van der Waals surface area contributed by atoms with E-state index in [1.165, 1.54) is 0 Å². The first-order chi connectivity index (χ1) is 9.15. The lowest BCUT2D eigenvalue weighted by Gasteiger charge is -2.31. The second kappa shape index (κ2) is 8.16. The number of anilines is 1. The van der Waals surface area contributed by atoms with Crippen molar-refractivity contribution in [3.05, 3.63) is 29.6 Å². The van der Waals surface area contributed by atoms with Gasteiger partial charge in [0.15, 0.2) is 0 Å². The van der Waals surface area contributed by atoms with Crippen molar-refractivity contribution in [2.45, 2.75) is 53.1 Å². The van der Waals surface area contributed by atoms with Crippen LogP contribution in [0.5, 0.6) is 0 Å². The molecule has 0 saturated carbocycles. The Morgan fingerprint density at radius 3 is 2.58 bits per heavy atom. The molecule has 0 heterocycles. The molecule has 0 aliphatic heterocycles. The first-order valence-corrected chi connectivity index (χ1v) is 7.40. The van der Waals surface area contributed by atoms with Gasteiger partial charge in [-0.2, -0.15) is 0 Å². The van der Waals surface area contributed by atoms with Gasteiger partial charge in [-0.3, -0.25) is 0 Å². The number of hydrogen-bond donors (Lipinski definition) is 1. The largest absolute Gasteiger partial charge is 0.366 e. The van der Waals surface area contributed by atoms with Crippen molar-refractivity contribution in [2.75, 3.05) is 18.0 Å². The summed E-state index contributed by atoms with van der Waals surface area (Å²) in [6.07, 6.45) is 2.11. The first kappa shape index (κ1) is 16.0. The van der Waals surface area contributed by atoms with Gasteiger partial charge in [0, 0.05) is 19.1 Å². The van der Waals surface area contributed by atoms with Crippen LogP contribution in [0.3, 0.4) is 0 Å². The molecule has 0 spiro atoms. The number of nitrogens with zero attached hydrogens (tertiary/aromatic N) is 1. The summed E-state index contributed by atoms with van der Waals surface area (Å²) in [5, 5.41) is 3.36. The molecule has 0 amide bonds. The Hall–Kier alpha value is -1.09. The highest BCUT2D eigenvalue weighted by atomic mass is 19.1. The Kier molecular flexibility index (Phi) is 6.85. The van der Waals surface area contributed by atoms with Crippen LogP contribution in [0.15, 0.2) is 18.2 Å². The number of halogens is 1. The standard InChI is InChI=1S/C16H27FN2/c1-5-11-18-12-14-9-8-10-15(17)16(14)19(7-3)13(4)6-2/h8-10,13,18H,5-7,11-12H2,1-4H3. The van der Waals surface area contributed by atoms with E-state index < -0.39 is 0 Å². The van der Waals surface area contributed by atoms with Gasteiger partial charge < -0.3 is 10.2 Å². The Labute approximate surface area is 117 Å². The van der Waals surface area contributed by atoms with E-state index in [0.717, 1.165) is 43.7 Å². The normalized spacial score (nSPS) is 12.5. The first-order valence-electron chi connectivity index (χ1n) is 7.40. The number of para-hydroxylation sites is 1. The average Bonchev–Trinajstić information content (AvgIpc) is 2.42. The van der Waals surface area contributed by atoms with E-state index >= 15 is 0 Å². The predicted molar refractivity (Wildman–Crippen MR) is 81.2 cm³/mol. The van der Waals surface area contributed by atoms with E-state index in [-0.39, 0.29) is 5.82 Å². The summed E-state index contributed by atoms with van der Waals surface area (Å²) in [5.74, 6) is -0.113. The molecule has 19 heavy (non-hydrogen) atoms. The minimum absolute atomic E-state index is 0.113. The minimum Gasteiger partial charge on any atom is -0.366 e. The van der Waals surface area contributed by atoms with E-state index in [4.69, 9.17) is 0 Å². The van der Waals surface area contributed by atoms with Gasteiger partial charge in [-0.15, -0.1) is 0 Å². The van der Waals surface area contributed by atoms with Crippen LogP contribution < -0.4 is 10.2 Å². The average molecular weight is 266 g/mol. The third-order valence-corrected chi connectivity index (χ3v) is 3.56. The van der Waals surface area contributed by atoms with Gasteiger partial charge in [-0.25, -0.2) is 4.39 Å². The van der Waals surface area contributed by atoms with Crippen molar-refractivity contribution in [3.63, 3.8) is 0 Å². The van der Waals surface area contributed by atoms with Gasteiger partial charge in [0.25, 0.3) is 0 Å². The Morgan fingerprint density at radius 1 is 1.26 bits per heavy atom. The molecule has 1 rings (SSSR count). The van der Waals surface area contributed by atoms with Crippen molar-refractivity contribution in [1.29, 1.82) is 0 Å². The summed E-state index contributed by atoms with van der Waals surface area (Å²) in [4.78, 5) is 2.16. The third kappa shape index (κ3) is 4.20. The van der Waals surface area contributed by atoms with Gasteiger partial charge in [0.05, 0.1) is 5.69 Å². The SMILES string of the molecule is CCCNCc1cccc(F)c1N(CC)C(C)CC. The molecule has 1 atom stereocenters. The summed E-state index contributed by atoms with van der Waals surface area (Å²) in [6, 6.07) is 5.73. The predicted octanol–water partition coefficient (Wildman–Crippen LogP) is 3.95. The number of nitrogens with one attached hydrogen (secondary N) is 1. The van der Waals surface area contributed by atoms with Gasteiger partial charge in [-0.05, 0) is 44.9 Å². The number of hydrogen-bond acceptors (Lipinski definition) is 2. The van der Waals surface area contributed by atoms with Crippen molar-refractivity contribution >= 4 is 5.69 Å². The molecule has 3 heteroatoms. The molecule has 0 aliphatic rings. The Bertz CT molecular complexity index is 379. The summed E-state index contributed by atoms with van der Waals surface area (Å²) in [7, 11) is 0. The highest BCUT2D eigenvalue weighted by Gasteiger charge is 2.18. The summed E-state index contributed by atoms with van der Waals surface area (Å²) < 4.78 is 14.2. The monoisotopic (exact) mass is 266 g/mol. The fourth-order valence-electron chi connectivity index (χ4n) is 2.33. The smallest absolute Gasteiger partial charge is 0.146 e. The molecule has 2 nitrogen and oxygen atoms in total. The zero-order valence-electron chi connectivity index (χ0n) is 12.7. The molecule has 1 aromatic rings. The maximum absolute atomic E-state index is 14.2. The maximum Gasteiger partial charge on any atom is 0.146 e. The fraction of sp³-hybridized carbons (Fsp3) is 0.625. The zero-order chi connectivity index (χ0) is 14.3. The zero-order valence-corrected chi connectivity index (χ0v) is 12.7. The topological polar surface area (TPSA) is 15.3 Å². The van der Waals surface area contributed by atoms with E-state index in [0.29, 0.717) is 6.04 Å². The lowest BCUT2D eigenvalue weighted by Crippen LogP contribution is -2.34. The van der Waals surface area contributed by atoms with E-state index in [2.05, 4.69) is 37.9 Å². The third-order valence-electron chi connectivity index (χ3n) is 3.56. The molecule has 1 unspecified atom stereocenters. The highest BCUT2D eigenvalue weighted by molar-refractivity contribution is 5.55. The van der Waals surface area contributed by atoms with Crippen LogP contribution >= 0.6 is 0 Å². The molecule has 0 bridgehead atoms. The van der Waals surface area contributed by atoms with Crippen LogP contribution in [0.4, 0.5) is 10.1 Å². The van der Waals surface area contributed by atoms with Gasteiger partial charge in [0.1, 0.15) is 5.82 Å². The van der Waals surface area contributed by atoms with Crippen LogP contribution in [0.25, 0.3) is 0 Å². The van der Waals surface area contributed by atoms with E-state index in [9.17, 15) is 4.39 Å². The maximum atomic E-state index is 14.2. The van der Waals surface area contributed by atoms with Crippen LogP contribution in [0, 0.1) is 5.82 Å². The van der Waals surface area contributed by atoms with Gasteiger partial charge >= 0.3 is 0 Å².